The summed E-state index contributed by atoms with van der Waals surface area (Å²) in [7, 11) is 1.80. The number of imidazole rings is 1. The molecule has 3 heterocycles. The van der Waals surface area contributed by atoms with E-state index >= 15 is 0 Å². The van der Waals surface area contributed by atoms with Crippen LogP contribution in [0.5, 0.6) is 5.75 Å². The van der Waals surface area contributed by atoms with Gasteiger partial charge in [0.25, 0.3) is 5.91 Å². The zero-order chi connectivity index (χ0) is 19.5. The number of pyridine rings is 1. The maximum absolute atomic E-state index is 13.3. The van der Waals surface area contributed by atoms with E-state index in [2.05, 4.69) is 9.97 Å². The van der Waals surface area contributed by atoms with Crippen LogP contribution in [-0.2, 0) is 13.6 Å². The van der Waals surface area contributed by atoms with Gasteiger partial charge in [0.1, 0.15) is 11.3 Å². The number of fused-ring (bicyclic) bond motifs is 1. The molecule has 7 nitrogen and oxygen atoms in total. The second-order valence-electron chi connectivity index (χ2n) is 6.11. The third-order valence-electron chi connectivity index (χ3n) is 4.21. The van der Waals surface area contributed by atoms with Crippen LogP contribution < -0.4 is 9.64 Å². The monoisotopic (exact) mass is 393 g/mol. The van der Waals surface area contributed by atoms with Crippen molar-refractivity contribution in [1.29, 1.82) is 0 Å². The first-order valence-corrected chi connectivity index (χ1v) is 9.70. The van der Waals surface area contributed by atoms with Gasteiger partial charge in [0.2, 0.25) is 0 Å². The molecule has 8 heteroatoms. The zero-order valence-corrected chi connectivity index (χ0v) is 16.4. The molecule has 0 radical (unpaired) electrons. The highest BCUT2D eigenvalue weighted by Gasteiger charge is 2.25. The lowest BCUT2D eigenvalue weighted by atomic mass is 10.3. The predicted molar refractivity (Wildman–Crippen MR) is 109 cm³/mol. The van der Waals surface area contributed by atoms with E-state index in [1.165, 1.54) is 11.3 Å². The minimum atomic E-state index is -0.227. The molecule has 0 saturated heterocycles. The smallest absolute Gasteiger partial charge is 0.296 e. The van der Waals surface area contributed by atoms with Gasteiger partial charge in [-0.3, -0.25) is 14.7 Å². The van der Waals surface area contributed by atoms with Crippen molar-refractivity contribution >= 4 is 32.6 Å². The lowest BCUT2D eigenvalue weighted by Crippen LogP contribution is -2.32. The number of aromatic nitrogens is 4. The number of amides is 1. The Kier molecular flexibility index (Phi) is 5.03. The van der Waals surface area contributed by atoms with Gasteiger partial charge in [-0.05, 0) is 31.2 Å². The van der Waals surface area contributed by atoms with Crippen molar-refractivity contribution in [3.63, 3.8) is 0 Å². The van der Waals surface area contributed by atoms with Gasteiger partial charge in [-0.25, -0.2) is 9.97 Å². The Hall–Kier alpha value is -3.26. The number of hydrogen-bond acceptors (Lipinski definition) is 6. The summed E-state index contributed by atoms with van der Waals surface area (Å²) in [5.41, 5.74) is 1.53. The molecule has 0 N–H and O–H groups in total. The molecule has 0 aliphatic carbocycles. The van der Waals surface area contributed by atoms with Gasteiger partial charge in [0.15, 0.2) is 11.0 Å². The molecule has 0 unspecified atom stereocenters. The zero-order valence-electron chi connectivity index (χ0n) is 15.6. The highest BCUT2D eigenvalue weighted by molar-refractivity contribution is 7.22. The fourth-order valence-electron chi connectivity index (χ4n) is 2.87. The summed E-state index contributed by atoms with van der Waals surface area (Å²) in [5.74, 6) is 0.833. The summed E-state index contributed by atoms with van der Waals surface area (Å²) in [4.78, 5) is 28.2. The van der Waals surface area contributed by atoms with E-state index in [0.717, 1.165) is 15.9 Å². The van der Waals surface area contributed by atoms with Crippen LogP contribution in [0, 0.1) is 0 Å². The summed E-state index contributed by atoms with van der Waals surface area (Å²) < 4.78 is 8.35. The Morgan fingerprint density at radius 2 is 2.07 bits per heavy atom. The Balaban J connectivity index is 1.78. The first-order valence-electron chi connectivity index (χ1n) is 8.89. The molecule has 1 amide bonds. The summed E-state index contributed by atoms with van der Waals surface area (Å²) in [6, 6.07) is 11.4. The summed E-state index contributed by atoms with van der Waals surface area (Å²) in [5, 5.41) is 0.584. The van der Waals surface area contributed by atoms with E-state index in [4.69, 9.17) is 9.72 Å². The average molecular weight is 393 g/mol. The minimum Gasteiger partial charge on any atom is -0.492 e. The topological polar surface area (TPSA) is 73.1 Å². The van der Waals surface area contributed by atoms with E-state index in [0.29, 0.717) is 29.9 Å². The number of nitrogens with zero attached hydrogens (tertiary/aromatic N) is 5. The number of para-hydroxylation sites is 1. The van der Waals surface area contributed by atoms with Crippen LogP contribution in [0.3, 0.4) is 0 Å². The average Bonchev–Trinajstić information content (AvgIpc) is 3.33. The molecule has 0 atom stereocenters. The maximum Gasteiger partial charge on any atom is 0.296 e. The van der Waals surface area contributed by atoms with E-state index < -0.39 is 0 Å². The van der Waals surface area contributed by atoms with Crippen LogP contribution in [0.4, 0.5) is 5.13 Å². The van der Waals surface area contributed by atoms with Crippen molar-refractivity contribution in [1.82, 2.24) is 19.5 Å². The van der Waals surface area contributed by atoms with Gasteiger partial charge in [0.05, 0.1) is 23.5 Å². The first kappa shape index (κ1) is 18.1. The lowest BCUT2D eigenvalue weighted by molar-refractivity contribution is 0.0972. The van der Waals surface area contributed by atoms with Gasteiger partial charge in [-0.15, -0.1) is 0 Å². The summed E-state index contributed by atoms with van der Waals surface area (Å²) in [6.45, 7) is 2.79. The molecule has 28 heavy (non-hydrogen) atoms. The molecule has 3 aromatic heterocycles. The number of carbonyl (C=O) groups excluding carboxylic acids is 1. The van der Waals surface area contributed by atoms with Crippen LogP contribution in [0.15, 0.2) is 55.0 Å². The van der Waals surface area contributed by atoms with Crippen molar-refractivity contribution in [2.24, 2.45) is 7.05 Å². The van der Waals surface area contributed by atoms with Crippen LogP contribution in [-0.4, -0.2) is 32.0 Å². The van der Waals surface area contributed by atoms with Crippen molar-refractivity contribution in [3.8, 4) is 5.75 Å². The quantitative estimate of drug-likeness (QED) is 0.500. The fourth-order valence-corrected chi connectivity index (χ4v) is 3.85. The van der Waals surface area contributed by atoms with Gasteiger partial charge in [-0.2, -0.15) is 0 Å². The second kappa shape index (κ2) is 7.77. The predicted octanol–water partition coefficient (Wildman–Crippen LogP) is 3.67. The number of carbonyl (C=O) groups is 1. The molecule has 4 rings (SSSR count). The van der Waals surface area contributed by atoms with E-state index in [1.807, 2.05) is 43.3 Å². The number of aryl methyl sites for hydroxylation is 1. The van der Waals surface area contributed by atoms with Gasteiger partial charge < -0.3 is 9.30 Å². The molecule has 4 aromatic rings. The van der Waals surface area contributed by atoms with Crippen LogP contribution in [0.1, 0.15) is 23.2 Å². The number of ether oxygens (including phenoxy) is 1. The molecule has 0 aliphatic rings. The van der Waals surface area contributed by atoms with E-state index in [9.17, 15) is 4.79 Å². The first-order chi connectivity index (χ1) is 13.7. The second-order valence-corrected chi connectivity index (χ2v) is 7.12. The number of rotatable bonds is 6. The molecule has 0 bridgehead atoms. The lowest BCUT2D eigenvalue weighted by Gasteiger charge is -2.19. The van der Waals surface area contributed by atoms with Gasteiger partial charge in [0, 0.05) is 25.6 Å². The minimum absolute atomic E-state index is 0.227. The van der Waals surface area contributed by atoms with E-state index in [-0.39, 0.29) is 5.91 Å². The maximum atomic E-state index is 13.3. The molecule has 0 fully saturated rings. The van der Waals surface area contributed by atoms with Crippen molar-refractivity contribution in [2.45, 2.75) is 13.5 Å². The number of anilines is 1. The SMILES string of the molecule is CCOc1cccc2sc(N(Cc3ccccn3)C(=O)c3nccn3C)nc12. The fraction of sp³-hybridized carbons (Fsp3) is 0.200. The molecular formula is C20H19N5O2S. The molecular weight excluding hydrogens is 374 g/mol. The van der Waals surface area contributed by atoms with Crippen molar-refractivity contribution in [3.05, 3.63) is 66.5 Å². The third-order valence-corrected chi connectivity index (χ3v) is 5.25. The number of thiazole rings is 1. The Labute approximate surface area is 166 Å². The van der Waals surface area contributed by atoms with Gasteiger partial charge in [-0.1, -0.05) is 23.5 Å². The van der Waals surface area contributed by atoms with Crippen LogP contribution in [0.25, 0.3) is 10.2 Å². The van der Waals surface area contributed by atoms with Crippen LogP contribution in [0.2, 0.25) is 0 Å². The molecule has 0 aliphatic heterocycles. The largest absolute Gasteiger partial charge is 0.492 e. The van der Waals surface area contributed by atoms with Crippen molar-refractivity contribution < 1.29 is 9.53 Å². The highest BCUT2D eigenvalue weighted by atomic mass is 32.1. The molecule has 142 valence electrons. The Bertz CT molecular complexity index is 1110. The summed E-state index contributed by atoms with van der Waals surface area (Å²) in [6.07, 6.45) is 5.07. The number of hydrogen-bond donors (Lipinski definition) is 0. The number of benzene rings is 1. The normalized spacial score (nSPS) is 10.9. The highest BCUT2D eigenvalue weighted by Crippen LogP contribution is 2.35. The molecule has 1 aromatic carbocycles. The van der Waals surface area contributed by atoms with Crippen molar-refractivity contribution in [2.75, 3.05) is 11.5 Å². The van der Waals surface area contributed by atoms with E-state index in [1.54, 1.807) is 35.1 Å². The Morgan fingerprint density at radius 1 is 1.18 bits per heavy atom. The third kappa shape index (κ3) is 3.46. The molecule has 0 saturated carbocycles. The standard InChI is InChI=1S/C20H19N5O2S/c1-3-27-15-8-6-9-16-17(15)23-20(28-16)25(13-14-7-4-5-10-21-14)19(26)18-22-11-12-24(18)2/h4-12H,3,13H2,1-2H3. The Morgan fingerprint density at radius 3 is 2.79 bits per heavy atom. The summed E-state index contributed by atoms with van der Waals surface area (Å²) >= 11 is 1.45. The van der Waals surface area contributed by atoms with Gasteiger partial charge >= 0.3 is 0 Å². The van der Waals surface area contributed by atoms with Crippen LogP contribution >= 0.6 is 11.3 Å². The molecule has 0 spiro atoms.